The summed E-state index contributed by atoms with van der Waals surface area (Å²) in [5, 5.41) is 13.9. The monoisotopic (exact) mass is 434 g/mol. The van der Waals surface area contributed by atoms with Crippen LogP contribution >= 0.6 is 0 Å². The number of aliphatic hydroxyl groups is 1. The Labute approximate surface area is 191 Å². The smallest absolute Gasteiger partial charge is 0.113 e. The fraction of sp³-hybridized carbons (Fsp3) is 0.333. The van der Waals surface area contributed by atoms with E-state index in [1.165, 1.54) is 0 Å². The van der Waals surface area contributed by atoms with Gasteiger partial charge in [0.2, 0.25) is 0 Å². The number of benzene rings is 3. The van der Waals surface area contributed by atoms with Crippen LogP contribution in [-0.4, -0.2) is 42.6 Å². The first-order chi connectivity index (χ1) is 16.1. The minimum atomic E-state index is -1.27. The molecule has 5 heteroatoms. The van der Waals surface area contributed by atoms with Gasteiger partial charge in [-0.3, -0.25) is 0 Å². The van der Waals surface area contributed by atoms with Crippen LogP contribution in [-0.2, 0) is 34.0 Å². The summed E-state index contributed by atoms with van der Waals surface area (Å²) in [6.45, 7) is 1.36. The van der Waals surface area contributed by atoms with Gasteiger partial charge in [0, 0.05) is 6.54 Å². The van der Waals surface area contributed by atoms with Crippen LogP contribution in [0.5, 0.6) is 0 Å². The van der Waals surface area contributed by atoms with Crippen molar-refractivity contribution in [3.8, 4) is 0 Å². The summed E-state index contributed by atoms with van der Waals surface area (Å²) in [4.78, 5) is 0. The molecule has 1 saturated heterocycles. The molecule has 2 N–H and O–H groups in total. The lowest BCUT2D eigenvalue weighted by atomic mass is 9.95. The van der Waals surface area contributed by atoms with Gasteiger partial charge in [0.15, 0.2) is 0 Å². The Kier molecular flexibility index (Phi) is 7.93. The first-order valence-electron chi connectivity index (χ1n) is 11.5. The van der Waals surface area contributed by atoms with E-state index in [1.54, 1.807) is 0 Å². The summed E-state index contributed by atoms with van der Waals surface area (Å²) in [7, 11) is 0. The molecule has 1 fully saturated rings. The van der Waals surface area contributed by atoms with E-state index in [4.69, 9.17) is 15.6 Å². The third kappa shape index (κ3) is 6.48. The van der Waals surface area contributed by atoms with Crippen molar-refractivity contribution in [2.75, 3.05) is 13.2 Å². The fourth-order valence-corrected chi connectivity index (χ4v) is 3.76. The van der Waals surface area contributed by atoms with E-state index in [0.717, 1.165) is 16.7 Å². The van der Waals surface area contributed by atoms with Crippen molar-refractivity contribution < 1.29 is 20.7 Å². The number of nitrogens with one attached hydrogen (secondary N) is 1. The molecule has 5 nitrogen and oxygen atoms in total. The topological polar surface area (TPSA) is 60.0 Å². The van der Waals surface area contributed by atoms with Crippen molar-refractivity contribution in [1.29, 1.82) is 0 Å². The van der Waals surface area contributed by atoms with Gasteiger partial charge in [-0.1, -0.05) is 91.0 Å². The SMILES string of the molecule is [2H][C@]1(COCc2ccccc2)NC[C@@H](O)[C@@H](OCc2ccccc2)[C@@H]1OCc1ccccc1. The van der Waals surface area contributed by atoms with Crippen LogP contribution in [0.25, 0.3) is 0 Å². The van der Waals surface area contributed by atoms with E-state index >= 15 is 0 Å². The minimum absolute atomic E-state index is 0.0965. The molecule has 4 atom stereocenters. The molecule has 1 aliphatic heterocycles. The lowest BCUT2D eigenvalue weighted by molar-refractivity contribution is -0.165. The second-order valence-electron chi connectivity index (χ2n) is 7.93. The predicted molar refractivity (Wildman–Crippen MR) is 124 cm³/mol. The molecule has 3 aromatic rings. The molecular formula is C27H31NO4. The fourth-order valence-electron chi connectivity index (χ4n) is 3.76. The Morgan fingerprint density at radius 2 is 1.19 bits per heavy atom. The maximum Gasteiger partial charge on any atom is 0.113 e. The number of rotatable bonds is 10. The zero-order valence-corrected chi connectivity index (χ0v) is 18.1. The average molecular weight is 435 g/mol. The largest absolute Gasteiger partial charge is 0.389 e. The highest BCUT2D eigenvalue weighted by Crippen LogP contribution is 2.22. The summed E-state index contributed by atoms with van der Waals surface area (Å²) >= 11 is 0. The molecule has 0 unspecified atom stereocenters. The quantitative estimate of drug-likeness (QED) is 0.510. The van der Waals surface area contributed by atoms with Gasteiger partial charge >= 0.3 is 0 Å². The normalized spacial score (nSPS) is 25.9. The second-order valence-corrected chi connectivity index (χ2v) is 7.93. The van der Waals surface area contributed by atoms with Gasteiger partial charge in [0.25, 0.3) is 0 Å². The molecule has 0 radical (unpaired) electrons. The van der Waals surface area contributed by atoms with Gasteiger partial charge in [-0.05, 0) is 16.7 Å². The Morgan fingerprint density at radius 3 is 1.72 bits per heavy atom. The summed E-state index contributed by atoms with van der Waals surface area (Å²) in [5.41, 5.74) is 3.03. The third-order valence-electron chi connectivity index (χ3n) is 5.49. The highest BCUT2D eigenvalue weighted by molar-refractivity contribution is 5.15. The van der Waals surface area contributed by atoms with Gasteiger partial charge < -0.3 is 24.6 Å². The Bertz CT molecular complexity index is 960. The molecule has 1 heterocycles. The van der Waals surface area contributed by atoms with Gasteiger partial charge in [0.1, 0.15) is 12.2 Å². The van der Waals surface area contributed by atoms with Crippen molar-refractivity contribution >= 4 is 0 Å². The highest BCUT2D eigenvalue weighted by atomic mass is 16.6. The second kappa shape index (κ2) is 11.9. The van der Waals surface area contributed by atoms with Crippen LogP contribution in [0.2, 0.25) is 0 Å². The summed E-state index contributed by atoms with van der Waals surface area (Å²) in [6.07, 6.45) is -2.21. The van der Waals surface area contributed by atoms with Crippen molar-refractivity contribution in [2.45, 2.75) is 44.2 Å². The average Bonchev–Trinajstić information content (AvgIpc) is 2.86. The zero-order valence-electron chi connectivity index (χ0n) is 19.1. The first kappa shape index (κ1) is 21.3. The van der Waals surface area contributed by atoms with E-state index < -0.39 is 24.3 Å². The molecule has 4 rings (SSSR count). The van der Waals surface area contributed by atoms with Crippen molar-refractivity contribution in [3.05, 3.63) is 108 Å². The van der Waals surface area contributed by atoms with E-state index in [2.05, 4.69) is 5.32 Å². The van der Waals surface area contributed by atoms with Gasteiger partial charge in [0.05, 0.1) is 39.9 Å². The molecule has 0 spiro atoms. The molecule has 0 aromatic heterocycles. The maximum absolute atomic E-state index is 10.8. The molecule has 0 saturated carbocycles. The van der Waals surface area contributed by atoms with Crippen LogP contribution < -0.4 is 5.32 Å². The number of β-amino-alcohol motifs (C(OH)–C–C–N with tert-alkyl or cyclic N) is 1. The summed E-state index contributed by atoms with van der Waals surface area (Å²) in [5.74, 6) is 0. The summed E-state index contributed by atoms with van der Waals surface area (Å²) < 4.78 is 27.5. The van der Waals surface area contributed by atoms with Gasteiger partial charge in [-0.25, -0.2) is 0 Å². The number of piperidine rings is 1. The van der Waals surface area contributed by atoms with Crippen LogP contribution in [0, 0.1) is 0 Å². The molecule has 168 valence electrons. The zero-order chi connectivity index (χ0) is 22.9. The number of hydrogen-bond donors (Lipinski definition) is 2. The number of aliphatic hydroxyl groups excluding tert-OH is 1. The molecule has 1 aliphatic rings. The number of ether oxygens (including phenoxy) is 3. The molecule has 0 amide bonds. The van der Waals surface area contributed by atoms with Gasteiger partial charge in [-0.2, -0.15) is 0 Å². The van der Waals surface area contributed by atoms with Crippen LogP contribution in [0.3, 0.4) is 0 Å². The highest BCUT2D eigenvalue weighted by Gasteiger charge is 2.40. The molecular weight excluding hydrogens is 402 g/mol. The number of hydrogen-bond acceptors (Lipinski definition) is 5. The van der Waals surface area contributed by atoms with E-state index in [1.807, 2.05) is 91.0 Å². The van der Waals surface area contributed by atoms with E-state index in [9.17, 15) is 5.11 Å². The molecule has 32 heavy (non-hydrogen) atoms. The van der Waals surface area contributed by atoms with Crippen LogP contribution in [0.1, 0.15) is 18.1 Å². The van der Waals surface area contributed by atoms with Crippen molar-refractivity contribution in [3.63, 3.8) is 0 Å². The van der Waals surface area contributed by atoms with Gasteiger partial charge in [-0.15, -0.1) is 0 Å². The molecule has 0 bridgehead atoms. The van der Waals surface area contributed by atoms with Crippen molar-refractivity contribution in [2.24, 2.45) is 0 Å². The van der Waals surface area contributed by atoms with Crippen molar-refractivity contribution in [1.82, 2.24) is 5.32 Å². The lowest BCUT2D eigenvalue weighted by Crippen LogP contribution is -2.62. The predicted octanol–water partition coefficient (Wildman–Crippen LogP) is 3.71. The maximum atomic E-state index is 10.8. The Balaban J connectivity index is 1.48. The van der Waals surface area contributed by atoms with E-state index in [-0.39, 0.29) is 13.2 Å². The Hall–Kier alpha value is -2.54. The minimum Gasteiger partial charge on any atom is -0.389 e. The third-order valence-corrected chi connectivity index (χ3v) is 5.49. The first-order valence-corrected chi connectivity index (χ1v) is 11.0. The van der Waals surface area contributed by atoms with Crippen LogP contribution in [0.15, 0.2) is 91.0 Å². The standard InChI is InChI=1S/C27H31NO4/c29-25-16-28-24(20-30-17-21-10-4-1-5-11-21)26(31-18-22-12-6-2-7-13-22)27(25)32-19-23-14-8-3-9-15-23/h1-15,24-29H,16-20H2/t24-,25-,26-,27-/m1/s1/i24D. The Morgan fingerprint density at radius 1 is 0.719 bits per heavy atom. The molecule has 0 aliphatic carbocycles. The van der Waals surface area contributed by atoms with Crippen LogP contribution in [0.4, 0.5) is 0 Å². The lowest BCUT2D eigenvalue weighted by Gasteiger charge is -2.41. The summed E-state index contributed by atoms with van der Waals surface area (Å²) in [6, 6.07) is 28.2. The van der Waals surface area contributed by atoms with E-state index in [0.29, 0.717) is 19.8 Å². The molecule has 3 aromatic carbocycles.